The number of aromatic nitrogens is 1. The van der Waals surface area contributed by atoms with Crippen LogP contribution in [-0.2, 0) is 4.79 Å². The molecule has 0 radical (unpaired) electrons. The number of nitrogens with one attached hydrogen (secondary N) is 1. The molecule has 1 amide bonds. The van der Waals surface area contributed by atoms with Crippen molar-refractivity contribution >= 4 is 22.5 Å². The van der Waals surface area contributed by atoms with E-state index in [0.29, 0.717) is 6.42 Å². The summed E-state index contributed by atoms with van der Waals surface area (Å²) in [6.07, 6.45) is 0.531. The van der Waals surface area contributed by atoms with Crippen LogP contribution in [0.4, 0.5) is 5.69 Å². The highest BCUT2D eigenvalue weighted by Gasteiger charge is 2.23. The van der Waals surface area contributed by atoms with Crippen LogP contribution < -0.4 is 10.9 Å². The Kier molecular flexibility index (Phi) is 5.17. The number of rotatable bonds is 4. The zero-order chi connectivity index (χ0) is 19.7. The summed E-state index contributed by atoms with van der Waals surface area (Å²) in [4.78, 5) is 25.9. The highest BCUT2D eigenvalue weighted by atomic mass is 16.2. The van der Waals surface area contributed by atoms with Crippen molar-refractivity contribution in [2.45, 2.75) is 47.1 Å². The summed E-state index contributed by atoms with van der Waals surface area (Å²) in [5, 5.41) is 4.01. The smallest absolute Gasteiger partial charge is 0.252 e. The van der Waals surface area contributed by atoms with Gasteiger partial charge in [-0.15, -0.1) is 0 Å². The van der Waals surface area contributed by atoms with Gasteiger partial charge in [-0.3, -0.25) is 14.2 Å². The monoisotopic (exact) mass is 362 g/mol. The molecule has 1 atom stereocenters. The highest BCUT2D eigenvalue weighted by Crippen LogP contribution is 2.25. The SMILES string of the molecule is CCC(C(=O)Nc1cc(C)cc(C)c1)n1c(=O)cc(C)c2cccc(C)c21. The number of anilines is 1. The van der Waals surface area contributed by atoms with E-state index in [1.807, 2.05) is 65.0 Å². The summed E-state index contributed by atoms with van der Waals surface area (Å²) < 4.78 is 1.65. The fourth-order valence-electron chi connectivity index (χ4n) is 3.81. The van der Waals surface area contributed by atoms with Gasteiger partial charge in [-0.1, -0.05) is 31.2 Å². The lowest BCUT2D eigenvalue weighted by atomic mass is 10.0. The number of carbonyl (C=O) groups excluding carboxylic acids is 1. The van der Waals surface area contributed by atoms with Gasteiger partial charge in [0.2, 0.25) is 5.91 Å². The number of aryl methyl sites for hydroxylation is 4. The third-order valence-electron chi connectivity index (χ3n) is 4.97. The van der Waals surface area contributed by atoms with Gasteiger partial charge in [0.15, 0.2) is 0 Å². The second kappa shape index (κ2) is 7.39. The largest absolute Gasteiger partial charge is 0.324 e. The van der Waals surface area contributed by atoms with Crippen molar-refractivity contribution in [1.29, 1.82) is 0 Å². The number of carbonyl (C=O) groups is 1. The Balaban J connectivity index is 2.10. The number of benzene rings is 2. The van der Waals surface area contributed by atoms with E-state index >= 15 is 0 Å². The molecule has 4 heteroatoms. The van der Waals surface area contributed by atoms with Crippen LogP contribution in [0.3, 0.4) is 0 Å². The van der Waals surface area contributed by atoms with Gasteiger partial charge in [0.25, 0.3) is 5.56 Å². The number of amides is 1. The molecule has 3 aromatic rings. The average molecular weight is 362 g/mol. The van der Waals surface area contributed by atoms with Gasteiger partial charge in [-0.05, 0) is 68.5 Å². The topological polar surface area (TPSA) is 51.1 Å². The van der Waals surface area contributed by atoms with Crippen LogP contribution in [-0.4, -0.2) is 10.5 Å². The van der Waals surface area contributed by atoms with Crippen molar-refractivity contribution in [3.63, 3.8) is 0 Å². The molecule has 0 spiro atoms. The van der Waals surface area contributed by atoms with Crippen molar-refractivity contribution in [2.75, 3.05) is 5.32 Å². The van der Waals surface area contributed by atoms with Gasteiger partial charge in [0.1, 0.15) is 6.04 Å². The number of nitrogens with zero attached hydrogens (tertiary/aromatic N) is 1. The van der Waals surface area contributed by atoms with Crippen LogP contribution >= 0.6 is 0 Å². The standard InChI is InChI=1S/C23H26N2O2/c1-6-20(23(27)24-18-11-14(2)10-15(3)12-18)25-21(26)13-17(5)19-9-7-8-16(4)22(19)25/h7-13,20H,6H2,1-5H3,(H,24,27). The minimum Gasteiger partial charge on any atom is -0.324 e. The molecule has 0 aliphatic rings. The first kappa shape index (κ1) is 18.9. The molecular weight excluding hydrogens is 336 g/mol. The molecule has 1 N–H and O–H groups in total. The molecular formula is C23H26N2O2. The second-order valence-electron chi connectivity index (χ2n) is 7.30. The number of fused-ring (bicyclic) bond motifs is 1. The molecule has 27 heavy (non-hydrogen) atoms. The zero-order valence-corrected chi connectivity index (χ0v) is 16.6. The van der Waals surface area contributed by atoms with E-state index in [-0.39, 0.29) is 11.5 Å². The van der Waals surface area contributed by atoms with Crippen molar-refractivity contribution in [3.8, 4) is 0 Å². The summed E-state index contributed by atoms with van der Waals surface area (Å²) >= 11 is 0. The first-order valence-corrected chi connectivity index (χ1v) is 9.32. The predicted molar refractivity (Wildman–Crippen MR) is 112 cm³/mol. The van der Waals surface area contributed by atoms with Gasteiger partial charge in [0.05, 0.1) is 5.52 Å². The lowest BCUT2D eigenvalue weighted by Crippen LogP contribution is -2.33. The molecule has 1 heterocycles. The van der Waals surface area contributed by atoms with Gasteiger partial charge < -0.3 is 5.32 Å². The maximum absolute atomic E-state index is 13.1. The van der Waals surface area contributed by atoms with E-state index in [9.17, 15) is 9.59 Å². The van der Waals surface area contributed by atoms with E-state index in [1.165, 1.54) is 0 Å². The molecule has 0 aliphatic heterocycles. The summed E-state index contributed by atoms with van der Waals surface area (Å²) in [7, 11) is 0. The Morgan fingerprint density at radius 3 is 2.30 bits per heavy atom. The minimum atomic E-state index is -0.567. The van der Waals surface area contributed by atoms with Gasteiger partial charge in [-0.2, -0.15) is 0 Å². The number of para-hydroxylation sites is 1. The van der Waals surface area contributed by atoms with E-state index in [0.717, 1.165) is 38.8 Å². The van der Waals surface area contributed by atoms with Crippen LogP contribution in [0.15, 0.2) is 47.3 Å². The number of hydrogen-bond donors (Lipinski definition) is 1. The molecule has 3 rings (SSSR count). The highest BCUT2D eigenvalue weighted by molar-refractivity contribution is 5.95. The Labute approximate surface area is 159 Å². The molecule has 4 nitrogen and oxygen atoms in total. The quantitative estimate of drug-likeness (QED) is 0.723. The van der Waals surface area contributed by atoms with Crippen LogP contribution in [0.5, 0.6) is 0 Å². The van der Waals surface area contributed by atoms with Crippen LogP contribution in [0, 0.1) is 27.7 Å². The van der Waals surface area contributed by atoms with Gasteiger partial charge >= 0.3 is 0 Å². The fourth-order valence-corrected chi connectivity index (χ4v) is 3.81. The van der Waals surface area contributed by atoms with Crippen molar-refractivity contribution in [2.24, 2.45) is 0 Å². The molecule has 0 saturated heterocycles. The first-order chi connectivity index (χ1) is 12.8. The lowest BCUT2D eigenvalue weighted by Gasteiger charge is -2.22. The molecule has 1 aromatic heterocycles. The maximum atomic E-state index is 13.1. The summed E-state index contributed by atoms with van der Waals surface area (Å²) in [6.45, 7) is 9.85. The van der Waals surface area contributed by atoms with Gasteiger partial charge in [0, 0.05) is 17.1 Å². The fraction of sp³-hybridized carbons (Fsp3) is 0.304. The molecule has 140 valence electrons. The third-order valence-corrected chi connectivity index (χ3v) is 4.97. The van der Waals surface area contributed by atoms with E-state index < -0.39 is 6.04 Å². The van der Waals surface area contributed by atoms with Crippen LogP contribution in [0.25, 0.3) is 10.9 Å². The minimum absolute atomic E-state index is 0.142. The summed E-state index contributed by atoms with van der Waals surface area (Å²) in [5.74, 6) is -0.169. The van der Waals surface area contributed by atoms with Crippen molar-refractivity contribution in [1.82, 2.24) is 4.57 Å². The second-order valence-corrected chi connectivity index (χ2v) is 7.30. The number of pyridine rings is 1. The summed E-state index contributed by atoms with van der Waals surface area (Å²) in [5.41, 5.74) is 5.56. The molecule has 0 aliphatic carbocycles. The molecule has 1 unspecified atom stereocenters. The first-order valence-electron chi connectivity index (χ1n) is 9.32. The molecule has 2 aromatic carbocycles. The third kappa shape index (κ3) is 3.65. The number of hydrogen-bond acceptors (Lipinski definition) is 2. The van der Waals surface area contributed by atoms with Crippen LogP contribution in [0.2, 0.25) is 0 Å². The Hall–Kier alpha value is -2.88. The Bertz CT molecular complexity index is 1060. The van der Waals surface area contributed by atoms with Crippen molar-refractivity contribution < 1.29 is 4.79 Å². The molecule has 0 bridgehead atoms. The van der Waals surface area contributed by atoms with Crippen LogP contribution in [0.1, 0.15) is 41.6 Å². The van der Waals surface area contributed by atoms with Crippen molar-refractivity contribution in [3.05, 3.63) is 75.1 Å². The predicted octanol–water partition coefficient (Wildman–Crippen LogP) is 4.82. The average Bonchev–Trinajstić information content (AvgIpc) is 2.57. The van der Waals surface area contributed by atoms with E-state index in [1.54, 1.807) is 10.6 Å². The lowest BCUT2D eigenvalue weighted by molar-refractivity contribution is -0.119. The molecule has 0 saturated carbocycles. The Morgan fingerprint density at radius 2 is 1.67 bits per heavy atom. The molecule has 0 fully saturated rings. The normalized spacial score (nSPS) is 12.2. The Morgan fingerprint density at radius 1 is 1.00 bits per heavy atom. The van der Waals surface area contributed by atoms with Gasteiger partial charge in [-0.25, -0.2) is 0 Å². The zero-order valence-electron chi connectivity index (χ0n) is 16.6. The summed E-state index contributed by atoms with van der Waals surface area (Å²) in [6, 6.07) is 13.0. The van der Waals surface area contributed by atoms with E-state index in [2.05, 4.69) is 11.4 Å². The van der Waals surface area contributed by atoms with E-state index in [4.69, 9.17) is 0 Å². The maximum Gasteiger partial charge on any atom is 0.252 e.